The van der Waals surface area contributed by atoms with Gasteiger partial charge in [-0.3, -0.25) is 4.99 Å². The molecule has 0 spiro atoms. The maximum atomic E-state index is 10.9. The van der Waals surface area contributed by atoms with E-state index in [1.165, 1.54) is 11.5 Å². The molecule has 1 heterocycles. The fourth-order valence-electron chi connectivity index (χ4n) is 2.62. The van der Waals surface area contributed by atoms with Crippen molar-refractivity contribution in [2.24, 2.45) is 4.99 Å². The molecule has 0 bridgehead atoms. The van der Waals surface area contributed by atoms with Gasteiger partial charge >= 0.3 is 5.97 Å². The smallest absolute Gasteiger partial charge is 0.328 e. The molecule has 21 heavy (non-hydrogen) atoms. The lowest BCUT2D eigenvalue weighted by molar-refractivity contribution is -0.131. The van der Waals surface area contributed by atoms with Crippen molar-refractivity contribution < 1.29 is 9.90 Å². The zero-order valence-electron chi connectivity index (χ0n) is 11.4. The number of carboxylic acids is 1. The molecule has 0 amide bonds. The number of hydrogen-bond acceptors (Lipinski definition) is 2. The van der Waals surface area contributed by atoms with Gasteiger partial charge < -0.3 is 5.11 Å². The molecule has 104 valence electrons. The summed E-state index contributed by atoms with van der Waals surface area (Å²) in [6.45, 7) is 0.519. The summed E-state index contributed by atoms with van der Waals surface area (Å²) in [6.07, 6.45) is 8.52. The van der Waals surface area contributed by atoms with Crippen molar-refractivity contribution in [1.29, 1.82) is 0 Å². The van der Waals surface area contributed by atoms with Crippen molar-refractivity contribution in [2.45, 2.75) is 5.41 Å². The Morgan fingerprint density at radius 2 is 2.00 bits per heavy atom. The van der Waals surface area contributed by atoms with Crippen LogP contribution in [0.3, 0.4) is 0 Å². The van der Waals surface area contributed by atoms with Gasteiger partial charge in [-0.15, -0.1) is 0 Å². The lowest BCUT2D eigenvalue weighted by Gasteiger charge is -2.28. The SMILES string of the molecule is O=C(O)/C=C/C1(c2ccc3ccccc3c2)C=CC=NC1. The number of carboxylic acid groups (broad SMARTS) is 1. The Labute approximate surface area is 122 Å². The number of nitrogens with zero attached hydrogens (tertiary/aromatic N) is 1. The molecule has 0 saturated carbocycles. The minimum atomic E-state index is -0.946. The molecule has 0 aromatic heterocycles. The van der Waals surface area contributed by atoms with E-state index in [2.05, 4.69) is 29.3 Å². The molecular weight excluding hydrogens is 262 g/mol. The molecule has 0 saturated heterocycles. The lowest BCUT2D eigenvalue weighted by Crippen LogP contribution is -2.27. The van der Waals surface area contributed by atoms with Crippen molar-refractivity contribution in [1.82, 2.24) is 0 Å². The summed E-state index contributed by atoms with van der Waals surface area (Å²) in [4.78, 5) is 15.2. The van der Waals surface area contributed by atoms with Gasteiger partial charge in [-0.1, -0.05) is 48.6 Å². The van der Waals surface area contributed by atoms with Crippen molar-refractivity contribution >= 4 is 23.0 Å². The molecule has 0 fully saturated rings. The van der Waals surface area contributed by atoms with Crippen LogP contribution in [0.1, 0.15) is 5.56 Å². The summed E-state index contributed by atoms with van der Waals surface area (Å²) in [5.74, 6) is -0.946. The Morgan fingerprint density at radius 3 is 2.71 bits per heavy atom. The molecule has 3 heteroatoms. The van der Waals surface area contributed by atoms with Crippen LogP contribution in [0.25, 0.3) is 10.8 Å². The fourth-order valence-corrected chi connectivity index (χ4v) is 2.62. The number of aliphatic imine (C=N–C) groups is 1. The van der Waals surface area contributed by atoms with Crippen LogP contribution in [-0.2, 0) is 10.2 Å². The van der Waals surface area contributed by atoms with Gasteiger partial charge in [-0.25, -0.2) is 4.79 Å². The second-order valence-electron chi connectivity index (χ2n) is 5.12. The highest BCUT2D eigenvalue weighted by molar-refractivity contribution is 5.84. The van der Waals surface area contributed by atoms with Gasteiger partial charge in [-0.2, -0.15) is 0 Å². The van der Waals surface area contributed by atoms with Crippen LogP contribution in [0.5, 0.6) is 0 Å². The zero-order valence-corrected chi connectivity index (χ0v) is 11.4. The average Bonchev–Trinajstić information content (AvgIpc) is 2.53. The van der Waals surface area contributed by atoms with Crippen molar-refractivity contribution in [3.63, 3.8) is 0 Å². The fraction of sp³-hybridized carbons (Fsp3) is 0.111. The Morgan fingerprint density at radius 1 is 1.19 bits per heavy atom. The van der Waals surface area contributed by atoms with Crippen LogP contribution in [0.15, 0.2) is 71.8 Å². The number of hydrogen-bond donors (Lipinski definition) is 1. The molecule has 1 unspecified atom stereocenters. The molecule has 0 aliphatic carbocycles. The molecule has 2 aromatic rings. The molecule has 3 rings (SSSR count). The van der Waals surface area contributed by atoms with Gasteiger partial charge in [0, 0.05) is 12.3 Å². The Hall–Kier alpha value is -2.68. The first-order valence-corrected chi connectivity index (χ1v) is 6.79. The number of aliphatic carboxylic acids is 1. The van der Waals surface area contributed by atoms with Crippen molar-refractivity contribution in [2.75, 3.05) is 6.54 Å². The average molecular weight is 277 g/mol. The normalized spacial score (nSPS) is 21.1. The molecule has 0 radical (unpaired) electrons. The van der Waals surface area contributed by atoms with Gasteiger partial charge in [0.2, 0.25) is 0 Å². The second-order valence-corrected chi connectivity index (χ2v) is 5.12. The Bertz CT molecular complexity index is 774. The van der Waals surface area contributed by atoms with Gasteiger partial charge in [0.1, 0.15) is 0 Å². The Balaban J connectivity index is 2.12. The van der Waals surface area contributed by atoms with E-state index < -0.39 is 11.4 Å². The maximum Gasteiger partial charge on any atom is 0.328 e. The number of benzene rings is 2. The van der Waals surface area contributed by atoms with E-state index >= 15 is 0 Å². The quantitative estimate of drug-likeness (QED) is 0.875. The number of fused-ring (bicyclic) bond motifs is 1. The first-order valence-electron chi connectivity index (χ1n) is 6.79. The molecule has 3 nitrogen and oxygen atoms in total. The van der Waals surface area contributed by atoms with Crippen LogP contribution in [-0.4, -0.2) is 23.8 Å². The highest BCUT2D eigenvalue weighted by Gasteiger charge is 2.27. The predicted octanol–water partition coefficient (Wildman–Crippen LogP) is 3.36. The van der Waals surface area contributed by atoms with E-state index in [4.69, 9.17) is 5.11 Å². The van der Waals surface area contributed by atoms with Crippen LogP contribution in [0.2, 0.25) is 0 Å². The van der Waals surface area contributed by atoms with Crippen molar-refractivity contribution in [3.8, 4) is 0 Å². The summed E-state index contributed by atoms with van der Waals surface area (Å²) in [6, 6.07) is 14.3. The highest BCUT2D eigenvalue weighted by Crippen LogP contribution is 2.32. The highest BCUT2D eigenvalue weighted by atomic mass is 16.4. The van der Waals surface area contributed by atoms with Crippen molar-refractivity contribution in [3.05, 3.63) is 72.3 Å². The lowest BCUT2D eigenvalue weighted by atomic mass is 9.78. The van der Waals surface area contributed by atoms with Crippen LogP contribution >= 0.6 is 0 Å². The summed E-state index contributed by atoms with van der Waals surface area (Å²) in [5, 5.41) is 11.2. The van der Waals surface area contributed by atoms with E-state index in [1.54, 1.807) is 12.3 Å². The maximum absolute atomic E-state index is 10.9. The van der Waals surface area contributed by atoms with E-state index in [-0.39, 0.29) is 0 Å². The standard InChI is InChI=1S/C18H15NO2/c20-17(21)8-10-18(9-3-11-19-13-18)16-7-6-14-4-1-2-5-15(14)12-16/h1-12H,13H2,(H,20,21)/b10-8+. The zero-order chi connectivity index (χ0) is 14.7. The van der Waals surface area contributed by atoms with E-state index in [1.807, 2.05) is 30.4 Å². The third-order valence-corrected chi connectivity index (χ3v) is 3.75. The number of dihydropyridines is 1. The van der Waals surface area contributed by atoms with Gasteiger partial charge in [0.05, 0.1) is 12.0 Å². The molecule has 1 atom stereocenters. The molecule has 1 aliphatic heterocycles. The third-order valence-electron chi connectivity index (χ3n) is 3.75. The van der Waals surface area contributed by atoms with E-state index in [0.717, 1.165) is 10.9 Å². The monoisotopic (exact) mass is 277 g/mol. The van der Waals surface area contributed by atoms with Crippen LogP contribution in [0.4, 0.5) is 0 Å². The minimum absolute atomic E-state index is 0.489. The number of rotatable bonds is 3. The minimum Gasteiger partial charge on any atom is -0.478 e. The largest absolute Gasteiger partial charge is 0.478 e. The number of carbonyl (C=O) groups is 1. The van der Waals surface area contributed by atoms with Gasteiger partial charge in [-0.05, 0) is 28.5 Å². The van der Waals surface area contributed by atoms with Gasteiger partial charge in [0.15, 0.2) is 0 Å². The molecular formula is C18H15NO2. The molecule has 1 N–H and O–H groups in total. The summed E-state index contributed by atoms with van der Waals surface area (Å²) < 4.78 is 0. The van der Waals surface area contributed by atoms with E-state index in [0.29, 0.717) is 6.54 Å². The Kier molecular flexibility index (Phi) is 3.40. The summed E-state index contributed by atoms with van der Waals surface area (Å²) in [5.41, 5.74) is 0.559. The topological polar surface area (TPSA) is 49.7 Å². The molecule has 2 aromatic carbocycles. The van der Waals surface area contributed by atoms with Crippen LogP contribution < -0.4 is 0 Å². The summed E-state index contributed by atoms with van der Waals surface area (Å²) >= 11 is 0. The van der Waals surface area contributed by atoms with Crippen LogP contribution in [0, 0.1) is 0 Å². The van der Waals surface area contributed by atoms with Gasteiger partial charge in [0.25, 0.3) is 0 Å². The third kappa shape index (κ3) is 2.63. The number of allylic oxidation sites excluding steroid dienone is 1. The van der Waals surface area contributed by atoms with E-state index in [9.17, 15) is 4.79 Å². The first-order chi connectivity index (χ1) is 10.2. The first kappa shape index (κ1) is 13.3. The molecule has 1 aliphatic rings. The predicted molar refractivity (Wildman–Crippen MR) is 84.9 cm³/mol. The summed E-state index contributed by atoms with van der Waals surface area (Å²) in [7, 11) is 0. The second kappa shape index (κ2) is 5.37.